The first-order valence-electron chi connectivity index (χ1n) is 9.43. The largest absolute Gasteiger partial charge is 0.352 e. The topological polar surface area (TPSA) is 18.5 Å². The van der Waals surface area contributed by atoms with Crippen LogP contribution in [0.4, 0.5) is 8.78 Å². The molecular weight excluding hydrogens is 298 g/mol. The van der Waals surface area contributed by atoms with Crippen LogP contribution in [0.5, 0.6) is 0 Å². The van der Waals surface area contributed by atoms with Gasteiger partial charge in [-0.2, -0.15) is 8.78 Å². The van der Waals surface area contributed by atoms with Gasteiger partial charge in [-0.1, -0.05) is 26.2 Å². The van der Waals surface area contributed by atoms with E-state index in [1.54, 1.807) is 0 Å². The zero-order valence-corrected chi connectivity index (χ0v) is 14.4. The Kier molecular flexibility index (Phi) is 8.52. The van der Waals surface area contributed by atoms with E-state index in [0.29, 0.717) is 11.8 Å². The molecule has 1 saturated heterocycles. The van der Waals surface area contributed by atoms with Crippen molar-refractivity contribution in [3.8, 4) is 0 Å². The Morgan fingerprint density at radius 2 is 1.57 bits per heavy atom. The maximum absolute atomic E-state index is 12.3. The summed E-state index contributed by atoms with van der Waals surface area (Å²) in [6.45, 7) is 3.85. The van der Waals surface area contributed by atoms with Gasteiger partial charge in [0.25, 0.3) is 6.08 Å². The van der Waals surface area contributed by atoms with Crippen LogP contribution in [-0.4, -0.2) is 19.5 Å². The van der Waals surface area contributed by atoms with E-state index in [2.05, 4.69) is 6.92 Å². The summed E-state index contributed by atoms with van der Waals surface area (Å²) in [6, 6.07) is 0. The first-order valence-corrected chi connectivity index (χ1v) is 9.43. The number of halogens is 2. The highest BCUT2D eigenvalue weighted by Crippen LogP contribution is 2.34. The smallest absolute Gasteiger partial charge is 0.266 e. The van der Waals surface area contributed by atoms with Crippen LogP contribution in [0.3, 0.4) is 0 Å². The molecule has 23 heavy (non-hydrogen) atoms. The molecule has 0 N–H and O–H groups in total. The molecular formula is C19H32F2O2. The minimum Gasteiger partial charge on any atom is -0.352 e. The third kappa shape index (κ3) is 7.30. The summed E-state index contributed by atoms with van der Waals surface area (Å²) in [5.74, 6) is 1.31. The van der Waals surface area contributed by atoms with E-state index in [0.717, 1.165) is 57.8 Å². The third-order valence-corrected chi connectivity index (χ3v) is 5.32. The fraction of sp³-hybridized carbons (Fsp3) is 0.895. The van der Waals surface area contributed by atoms with E-state index in [1.807, 2.05) is 0 Å². The lowest BCUT2D eigenvalue weighted by atomic mass is 9.79. The van der Waals surface area contributed by atoms with Crippen LogP contribution in [0.25, 0.3) is 0 Å². The van der Waals surface area contributed by atoms with Gasteiger partial charge in [0.2, 0.25) is 0 Å². The van der Waals surface area contributed by atoms with Crippen LogP contribution in [0, 0.1) is 17.8 Å². The molecule has 0 aromatic carbocycles. The monoisotopic (exact) mass is 330 g/mol. The molecule has 0 bridgehead atoms. The summed E-state index contributed by atoms with van der Waals surface area (Å²) in [5.41, 5.74) is 0. The third-order valence-electron chi connectivity index (χ3n) is 5.32. The summed E-state index contributed by atoms with van der Waals surface area (Å²) in [5, 5.41) is 0. The number of rotatable bonds is 8. The van der Waals surface area contributed by atoms with Crippen LogP contribution >= 0.6 is 0 Å². The number of hydrogen-bond acceptors (Lipinski definition) is 2. The van der Waals surface area contributed by atoms with Gasteiger partial charge in [0.05, 0.1) is 13.2 Å². The number of allylic oxidation sites excluding steroid dienone is 1. The van der Waals surface area contributed by atoms with Crippen molar-refractivity contribution in [2.24, 2.45) is 17.8 Å². The molecule has 2 aliphatic rings. The van der Waals surface area contributed by atoms with Crippen LogP contribution in [-0.2, 0) is 9.47 Å². The SMILES string of the molecule is CCCCCC1OCC(CCC2CCC(C=C(F)F)CC2)CO1. The van der Waals surface area contributed by atoms with Crippen molar-refractivity contribution >= 4 is 0 Å². The molecule has 0 aromatic rings. The molecule has 2 fully saturated rings. The van der Waals surface area contributed by atoms with Gasteiger partial charge in [-0.15, -0.1) is 0 Å². The lowest BCUT2D eigenvalue weighted by molar-refractivity contribution is -0.204. The molecule has 2 rings (SSSR count). The van der Waals surface area contributed by atoms with Crippen LogP contribution in [0.2, 0.25) is 0 Å². The summed E-state index contributed by atoms with van der Waals surface area (Å²) in [4.78, 5) is 0. The van der Waals surface area contributed by atoms with Crippen molar-refractivity contribution in [3.63, 3.8) is 0 Å². The molecule has 0 radical (unpaired) electrons. The van der Waals surface area contributed by atoms with Gasteiger partial charge in [0, 0.05) is 5.92 Å². The van der Waals surface area contributed by atoms with E-state index < -0.39 is 6.08 Å². The zero-order chi connectivity index (χ0) is 16.5. The van der Waals surface area contributed by atoms with E-state index in [1.165, 1.54) is 25.7 Å². The Hall–Kier alpha value is -0.480. The fourth-order valence-electron chi connectivity index (χ4n) is 3.77. The standard InChI is InChI=1S/C19H32F2O2/c1-2-3-4-5-19-22-13-17(14-23-19)11-8-15-6-9-16(10-7-15)12-18(20)21/h12,15-17,19H,2-11,13-14H2,1H3. The highest BCUT2D eigenvalue weighted by atomic mass is 19.3. The van der Waals surface area contributed by atoms with Crippen molar-refractivity contribution in [1.29, 1.82) is 0 Å². The lowest BCUT2D eigenvalue weighted by Crippen LogP contribution is -2.32. The van der Waals surface area contributed by atoms with Crippen molar-refractivity contribution in [1.82, 2.24) is 0 Å². The predicted molar refractivity (Wildman–Crippen MR) is 88.3 cm³/mol. The normalized spacial score (nSPS) is 31.8. The second-order valence-electron chi connectivity index (χ2n) is 7.27. The molecule has 0 atom stereocenters. The number of unbranched alkanes of at least 4 members (excludes halogenated alkanes) is 2. The number of hydrogen-bond donors (Lipinski definition) is 0. The van der Waals surface area contributed by atoms with Gasteiger partial charge in [-0.25, -0.2) is 0 Å². The van der Waals surface area contributed by atoms with Crippen LogP contribution in [0.1, 0.15) is 71.1 Å². The molecule has 4 heteroatoms. The first kappa shape index (κ1) is 18.9. The zero-order valence-electron chi connectivity index (χ0n) is 14.4. The quantitative estimate of drug-likeness (QED) is 0.514. The van der Waals surface area contributed by atoms with Crippen molar-refractivity contribution in [3.05, 3.63) is 12.2 Å². The van der Waals surface area contributed by atoms with E-state index in [9.17, 15) is 8.78 Å². The molecule has 2 nitrogen and oxygen atoms in total. The first-order chi connectivity index (χ1) is 11.2. The molecule has 134 valence electrons. The second-order valence-corrected chi connectivity index (χ2v) is 7.27. The van der Waals surface area contributed by atoms with Crippen molar-refractivity contribution < 1.29 is 18.3 Å². The van der Waals surface area contributed by atoms with Gasteiger partial charge in [0.1, 0.15) is 0 Å². The summed E-state index contributed by atoms with van der Waals surface area (Å²) >= 11 is 0. The summed E-state index contributed by atoms with van der Waals surface area (Å²) in [6.07, 6.45) is 10.7. The van der Waals surface area contributed by atoms with Gasteiger partial charge in [-0.05, 0) is 62.9 Å². The van der Waals surface area contributed by atoms with Crippen LogP contribution in [0.15, 0.2) is 12.2 Å². The molecule has 0 aromatic heterocycles. The Morgan fingerprint density at radius 1 is 0.913 bits per heavy atom. The Morgan fingerprint density at radius 3 is 2.17 bits per heavy atom. The maximum Gasteiger partial charge on any atom is 0.266 e. The van der Waals surface area contributed by atoms with Gasteiger partial charge >= 0.3 is 0 Å². The van der Waals surface area contributed by atoms with Crippen molar-refractivity contribution in [2.45, 2.75) is 77.4 Å². The van der Waals surface area contributed by atoms with Crippen LogP contribution < -0.4 is 0 Å². The minimum absolute atomic E-state index is 0.00984. The summed E-state index contributed by atoms with van der Waals surface area (Å²) in [7, 11) is 0. The molecule has 0 unspecified atom stereocenters. The Labute approximate surface area is 139 Å². The van der Waals surface area contributed by atoms with Gasteiger partial charge in [0.15, 0.2) is 6.29 Å². The molecule has 0 spiro atoms. The van der Waals surface area contributed by atoms with Gasteiger partial charge < -0.3 is 9.47 Å². The highest BCUT2D eigenvalue weighted by Gasteiger charge is 2.25. The Bertz CT molecular complexity index is 339. The molecule has 1 aliphatic heterocycles. The molecule has 1 saturated carbocycles. The second kappa shape index (κ2) is 10.4. The Balaban J connectivity index is 1.55. The molecule has 0 amide bonds. The highest BCUT2D eigenvalue weighted by molar-refractivity contribution is 4.90. The minimum atomic E-state index is -1.52. The number of ether oxygens (including phenoxy) is 2. The van der Waals surface area contributed by atoms with E-state index >= 15 is 0 Å². The average Bonchev–Trinajstić information content (AvgIpc) is 2.55. The fourth-order valence-corrected chi connectivity index (χ4v) is 3.77. The average molecular weight is 330 g/mol. The van der Waals surface area contributed by atoms with E-state index in [-0.39, 0.29) is 12.2 Å². The molecule has 1 heterocycles. The lowest BCUT2D eigenvalue weighted by Gasteiger charge is -2.31. The maximum atomic E-state index is 12.3. The van der Waals surface area contributed by atoms with Gasteiger partial charge in [-0.3, -0.25) is 0 Å². The summed E-state index contributed by atoms with van der Waals surface area (Å²) < 4.78 is 36.2. The predicted octanol–water partition coefficient (Wildman–Crippen LogP) is 5.92. The van der Waals surface area contributed by atoms with Crippen molar-refractivity contribution in [2.75, 3.05) is 13.2 Å². The molecule has 1 aliphatic carbocycles. The van der Waals surface area contributed by atoms with E-state index in [4.69, 9.17) is 9.47 Å².